The van der Waals surface area contributed by atoms with Crippen LogP contribution in [0.3, 0.4) is 0 Å². The highest BCUT2D eigenvalue weighted by molar-refractivity contribution is 8.14. The van der Waals surface area contributed by atoms with Gasteiger partial charge in [-0.25, -0.2) is 9.18 Å². The summed E-state index contributed by atoms with van der Waals surface area (Å²) in [6.45, 7) is 3.30. The molecule has 1 aromatic carbocycles. The number of ketones is 1. The van der Waals surface area contributed by atoms with Gasteiger partial charge < -0.3 is 10.6 Å². The molecule has 3 amide bonds. The van der Waals surface area contributed by atoms with Crippen molar-refractivity contribution in [1.82, 2.24) is 14.8 Å². The monoisotopic (exact) mass is 550 g/mol. The molecule has 2 N–H and O–H groups in total. The fourth-order valence-corrected chi connectivity index (χ4v) is 3.70. The Hall–Kier alpha value is -4.07. The number of nitrogens with one attached hydrogen (secondary N) is 2. The summed E-state index contributed by atoms with van der Waals surface area (Å²) >= 11 is 1.12. The Morgan fingerprint density at radius 3 is 2.45 bits per heavy atom. The molecule has 0 aliphatic rings. The van der Waals surface area contributed by atoms with Crippen molar-refractivity contribution in [3.8, 4) is 11.3 Å². The molecule has 0 saturated heterocycles. The summed E-state index contributed by atoms with van der Waals surface area (Å²) in [5, 5.41) is 9.40. The highest BCUT2D eigenvalue weighted by atomic mass is 32.2. The first-order chi connectivity index (χ1) is 17.9. The molecular formula is C24H22F4N6O3S. The van der Waals surface area contributed by atoms with E-state index in [4.69, 9.17) is 0 Å². The van der Waals surface area contributed by atoms with Crippen LogP contribution >= 0.6 is 11.8 Å². The zero-order valence-corrected chi connectivity index (χ0v) is 21.2. The minimum atomic E-state index is -4.58. The van der Waals surface area contributed by atoms with E-state index in [2.05, 4.69) is 25.7 Å². The third-order valence-corrected chi connectivity index (χ3v) is 6.02. The number of halogens is 4. The van der Waals surface area contributed by atoms with Crippen molar-refractivity contribution >= 4 is 46.0 Å². The highest BCUT2D eigenvalue weighted by Gasteiger charge is 2.31. The van der Waals surface area contributed by atoms with Crippen LogP contribution < -0.4 is 10.6 Å². The molecule has 0 saturated carbocycles. The van der Waals surface area contributed by atoms with E-state index in [0.29, 0.717) is 23.2 Å². The van der Waals surface area contributed by atoms with Crippen molar-refractivity contribution in [3.05, 3.63) is 59.7 Å². The van der Waals surface area contributed by atoms with E-state index in [1.54, 1.807) is 13.8 Å². The smallest absolute Gasteiger partial charge is 0.305 e. The number of hydrogen-bond donors (Lipinski definition) is 2. The Kier molecular flexibility index (Phi) is 8.99. The second-order valence-corrected chi connectivity index (χ2v) is 9.03. The fraction of sp³-hybridized carbons (Fsp3) is 0.250. The second-order valence-electron chi connectivity index (χ2n) is 7.86. The van der Waals surface area contributed by atoms with Gasteiger partial charge in [0.15, 0.2) is 0 Å². The third-order valence-electron chi connectivity index (χ3n) is 5.05. The molecule has 0 aliphatic carbocycles. The lowest BCUT2D eigenvalue weighted by Crippen LogP contribution is -2.16. The molecule has 38 heavy (non-hydrogen) atoms. The predicted octanol–water partition coefficient (Wildman–Crippen LogP) is 5.55. The number of carbonyl (C=O) groups is 3. The van der Waals surface area contributed by atoms with Crippen LogP contribution in [0.4, 0.5) is 33.9 Å². The molecule has 2 aromatic heterocycles. The molecule has 0 unspecified atom stereocenters. The van der Waals surface area contributed by atoms with E-state index in [1.807, 2.05) is 0 Å². The fourth-order valence-electron chi connectivity index (χ4n) is 2.98. The number of benzene rings is 1. The average Bonchev–Trinajstić information content (AvgIpc) is 3.23. The molecule has 0 aliphatic heterocycles. The normalized spacial score (nSPS) is 11.8. The van der Waals surface area contributed by atoms with E-state index in [0.717, 1.165) is 30.0 Å². The molecule has 0 spiro atoms. The summed E-state index contributed by atoms with van der Waals surface area (Å²) in [7, 11) is 1.51. The number of rotatable bonds is 7. The zero-order valence-electron chi connectivity index (χ0n) is 20.4. The van der Waals surface area contributed by atoms with Gasteiger partial charge in [0, 0.05) is 31.3 Å². The second kappa shape index (κ2) is 12.0. The third kappa shape index (κ3) is 7.47. The molecule has 3 aromatic rings. The van der Waals surface area contributed by atoms with Gasteiger partial charge in [-0.3, -0.25) is 19.3 Å². The van der Waals surface area contributed by atoms with Crippen molar-refractivity contribution in [1.29, 1.82) is 0 Å². The van der Waals surface area contributed by atoms with Crippen LogP contribution in [0.5, 0.6) is 0 Å². The number of alkyl halides is 3. The summed E-state index contributed by atoms with van der Waals surface area (Å²) < 4.78 is 54.1. The molecule has 0 radical (unpaired) electrons. The first-order valence-electron chi connectivity index (χ1n) is 11.1. The maximum atomic E-state index is 14.7. The van der Waals surface area contributed by atoms with Gasteiger partial charge in [0.25, 0.3) is 5.91 Å². The van der Waals surface area contributed by atoms with Crippen molar-refractivity contribution < 1.29 is 31.9 Å². The summed E-state index contributed by atoms with van der Waals surface area (Å²) in [5.74, 6) is -1.13. The van der Waals surface area contributed by atoms with Gasteiger partial charge in [-0.05, 0) is 31.2 Å². The lowest BCUT2D eigenvalue weighted by Gasteiger charge is -2.07. The molecule has 9 nitrogen and oxygen atoms in total. The number of pyridine rings is 1. The van der Waals surface area contributed by atoms with Crippen LogP contribution in [0, 0.1) is 5.82 Å². The summed E-state index contributed by atoms with van der Waals surface area (Å²) in [4.78, 5) is 43.2. The predicted molar refractivity (Wildman–Crippen MR) is 136 cm³/mol. The molecule has 2 heterocycles. The van der Waals surface area contributed by atoms with Crippen LogP contribution in [-0.2, 0) is 18.0 Å². The SMILES string of the molecule is CCC(=O)CS/C(C)=N\C(=O)Nc1ccc(-c2cc(NC(=O)c3ccc(C(F)(F)F)cn3)n(C)n2)cc1F. The van der Waals surface area contributed by atoms with E-state index in [9.17, 15) is 31.9 Å². The lowest BCUT2D eigenvalue weighted by atomic mass is 10.1. The minimum Gasteiger partial charge on any atom is -0.305 e. The van der Waals surface area contributed by atoms with Gasteiger partial charge in [-0.15, -0.1) is 11.8 Å². The van der Waals surface area contributed by atoms with Gasteiger partial charge in [0.1, 0.15) is 23.1 Å². The summed E-state index contributed by atoms with van der Waals surface area (Å²) in [6.07, 6.45) is -3.64. The number of anilines is 2. The maximum absolute atomic E-state index is 14.7. The largest absolute Gasteiger partial charge is 0.417 e. The Balaban J connectivity index is 1.68. The van der Waals surface area contributed by atoms with Crippen LogP contribution in [0.2, 0.25) is 0 Å². The number of carbonyl (C=O) groups excluding carboxylic acids is 3. The van der Waals surface area contributed by atoms with Gasteiger partial charge in [-0.2, -0.15) is 23.3 Å². The van der Waals surface area contributed by atoms with Crippen LogP contribution in [0.25, 0.3) is 11.3 Å². The average molecular weight is 551 g/mol. The van der Waals surface area contributed by atoms with Gasteiger partial charge in [0.2, 0.25) is 0 Å². The number of nitrogens with zero attached hydrogens (tertiary/aromatic N) is 4. The summed E-state index contributed by atoms with van der Waals surface area (Å²) in [6, 6.07) is 6.29. The van der Waals surface area contributed by atoms with Crippen molar-refractivity contribution in [2.75, 3.05) is 16.4 Å². The lowest BCUT2D eigenvalue weighted by molar-refractivity contribution is -0.137. The quantitative estimate of drug-likeness (QED) is 0.226. The molecule has 0 bridgehead atoms. The van der Waals surface area contributed by atoms with Crippen LogP contribution in [0.1, 0.15) is 36.3 Å². The van der Waals surface area contributed by atoms with Gasteiger partial charge >= 0.3 is 12.2 Å². The topological polar surface area (TPSA) is 118 Å². The number of urea groups is 1. The highest BCUT2D eigenvalue weighted by Crippen LogP contribution is 2.29. The van der Waals surface area contributed by atoms with E-state index in [1.165, 1.54) is 29.9 Å². The number of hydrogen-bond acceptors (Lipinski definition) is 6. The van der Waals surface area contributed by atoms with E-state index in [-0.39, 0.29) is 34.4 Å². The maximum Gasteiger partial charge on any atom is 0.417 e. The number of amides is 3. The summed E-state index contributed by atoms with van der Waals surface area (Å²) in [5.41, 5.74) is -0.728. The number of aliphatic imine (C=N–C) groups is 1. The number of Topliss-reactive ketones (excluding diaryl/α,β-unsaturated/α-hetero) is 1. The molecule has 3 rings (SSSR count). The molecule has 200 valence electrons. The number of aryl methyl sites for hydroxylation is 1. The number of thioether (sulfide) groups is 1. The van der Waals surface area contributed by atoms with Crippen LogP contribution in [0.15, 0.2) is 47.6 Å². The standard InChI is InChI=1S/C24H22F4N6O3S/c1-4-16(35)12-38-13(2)30-23(37)31-18-7-5-14(9-17(18)25)20-10-21(34(3)33-20)32-22(36)19-8-6-15(11-29-19)24(26,27)28/h5-11H,4,12H2,1-3H3,(H,31,37)(H,32,36)/b30-13-. The zero-order chi connectivity index (χ0) is 28.0. The van der Waals surface area contributed by atoms with Crippen LogP contribution in [-0.4, -0.2) is 43.3 Å². The Morgan fingerprint density at radius 1 is 1.11 bits per heavy atom. The molecular weight excluding hydrogens is 528 g/mol. The van der Waals surface area contributed by atoms with E-state index < -0.39 is 29.5 Å². The Morgan fingerprint density at radius 2 is 1.84 bits per heavy atom. The Labute approximate surface area is 218 Å². The first-order valence-corrected chi connectivity index (χ1v) is 12.0. The van der Waals surface area contributed by atoms with E-state index >= 15 is 0 Å². The van der Waals surface area contributed by atoms with Crippen molar-refractivity contribution in [2.45, 2.75) is 26.4 Å². The van der Waals surface area contributed by atoms with Gasteiger partial charge in [-0.1, -0.05) is 13.0 Å². The first kappa shape index (κ1) is 28.5. The molecule has 0 atom stereocenters. The van der Waals surface area contributed by atoms with Crippen molar-refractivity contribution in [3.63, 3.8) is 0 Å². The molecule has 14 heteroatoms. The molecule has 0 fully saturated rings. The van der Waals surface area contributed by atoms with Crippen molar-refractivity contribution in [2.24, 2.45) is 12.0 Å². The number of aromatic nitrogens is 3. The minimum absolute atomic E-state index is 0.0140. The van der Waals surface area contributed by atoms with Gasteiger partial charge in [0.05, 0.1) is 27.7 Å². The Bertz CT molecular complexity index is 1390.